The van der Waals surface area contributed by atoms with E-state index >= 15 is 0 Å². The van der Waals surface area contributed by atoms with Crippen LogP contribution in [0.5, 0.6) is 0 Å². The number of carboxylic acid groups (broad SMARTS) is 1. The van der Waals surface area contributed by atoms with Gasteiger partial charge in [0.2, 0.25) is 0 Å². The molecule has 0 heterocycles. The van der Waals surface area contributed by atoms with Gasteiger partial charge in [0.15, 0.2) is 0 Å². The first-order chi connectivity index (χ1) is 9.39. The molecule has 1 rings (SSSR count). The van der Waals surface area contributed by atoms with Gasteiger partial charge in [-0.25, -0.2) is 0 Å². The quantitative estimate of drug-likeness (QED) is 0.421. The number of carbonyl (C=O) groups is 1. The second-order valence-corrected chi connectivity index (χ2v) is 6.19. The molecule has 0 aliphatic carbocycles. The van der Waals surface area contributed by atoms with Crippen LogP contribution in [0.4, 0.5) is 5.69 Å². The molecule has 0 atom stereocenters. The monoisotopic (exact) mass is 338 g/mol. The van der Waals surface area contributed by atoms with Gasteiger partial charge in [0.1, 0.15) is 11.3 Å². The Balaban J connectivity index is 0.000000567. The Bertz CT molecular complexity index is 776. The van der Waals surface area contributed by atoms with Crippen LogP contribution < -0.4 is 5.73 Å². The minimum atomic E-state index is -4.50. The van der Waals surface area contributed by atoms with E-state index in [4.69, 9.17) is 25.2 Å². The maximum Gasteiger partial charge on any atom is 0.317 e. The number of hydrogen-bond donors (Lipinski definition) is 4. The average molecular weight is 338 g/mol. The first-order valence-electron chi connectivity index (χ1n) is 4.83. The SMILES string of the molecule is N#CCC(=O)O.Nc1cc(S(=O)(=O)O)ccc1S(=O)(=O)O. The number of benzene rings is 1. The molecular formula is C9H10N2O8S2. The number of anilines is 1. The molecule has 5 N–H and O–H groups in total. The van der Waals surface area contributed by atoms with E-state index in [2.05, 4.69) is 0 Å². The predicted molar refractivity (Wildman–Crippen MR) is 68.3 cm³/mol. The van der Waals surface area contributed by atoms with E-state index in [0.717, 1.165) is 18.2 Å². The van der Waals surface area contributed by atoms with Gasteiger partial charge in [0.25, 0.3) is 20.2 Å². The van der Waals surface area contributed by atoms with E-state index in [-0.39, 0.29) is 0 Å². The minimum absolute atomic E-state index is 0.403. The summed E-state index contributed by atoms with van der Waals surface area (Å²) >= 11 is 0. The summed E-state index contributed by atoms with van der Waals surface area (Å²) in [4.78, 5) is 8.21. The van der Waals surface area contributed by atoms with Crippen LogP contribution >= 0.6 is 0 Å². The Kier molecular flexibility index (Phi) is 6.26. The summed E-state index contributed by atoms with van der Waals surface area (Å²) in [6, 6.07) is 3.80. The molecule has 0 bridgehead atoms. The fourth-order valence-electron chi connectivity index (χ4n) is 0.990. The van der Waals surface area contributed by atoms with Gasteiger partial charge in [-0.05, 0) is 18.2 Å². The van der Waals surface area contributed by atoms with E-state index in [9.17, 15) is 21.6 Å². The van der Waals surface area contributed by atoms with Crippen molar-refractivity contribution in [2.45, 2.75) is 16.2 Å². The first-order valence-corrected chi connectivity index (χ1v) is 7.71. The summed E-state index contributed by atoms with van der Waals surface area (Å²) in [6.07, 6.45) is -0.403. The minimum Gasteiger partial charge on any atom is -0.480 e. The van der Waals surface area contributed by atoms with Crippen molar-refractivity contribution in [1.82, 2.24) is 0 Å². The van der Waals surface area contributed by atoms with Crippen molar-refractivity contribution in [2.24, 2.45) is 0 Å². The lowest BCUT2D eigenvalue weighted by atomic mass is 10.3. The van der Waals surface area contributed by atoms with E-state index in [0.29, 0.717) is 0 Å². The third kappa shape index (κ3) is 6.68. The fraction of sp³-hybridized carbons (Fsp3) is 0.111. The van der Waals surface area contributed by atoms with Crippen molar-refractivity contribution in [3.8, 4) is 6.07 Å². The van der Waals surface area contributed by atoms with Gasteiger partial charge in [0, 0.05) is 0 Å². The van der Waals surface area contributed by atoms with Gasteiger partial charge in [0.05, 0.1) is 16.7 Å². The fourth-order valence-corrected chi connectivity index (χ4v) is 2.10. The van der Waals surface area contributed by atoms with Crippen LogP contribution in [0, 0.1) is 11.3 Å². The Morgan fingerprint density at radius 2 is 1.71 bits per heavy atom. The largest absolute Gasteiger partial charge is 0.480 e. The highest BCUT2D eigenvalue weighted by Gasteiger charge is 2.17. The van der Waals surface area contributed by atoms with Gasteiger partial charge >= 0.3 is 5.97 Å². The molecule has 0 spiro atoms. The summed E-state index contributed by atoms with van der Waals surface area (Å²) in [6.45, 7) is 0. The van der Waals surface area contributed by atoms with E-state index in [1.165, 1.54) is 6.07 Å². The lowest BCUT2D eigenvalue weighted by Crippen LogP contribution is -2.05. The second kappa shape index (κ2) is 6.99. The molecule has 12 heteroatoms. The third-order valence-corrected chi connectivity index (χ3v) is 3.56. The molecule has 1 aromatic carbocycles. The molecule has 0 aromatic heterocycles. The Morgan fingerprint density at radius 1 is 1.19 bits per heavy atom. The van der Waals surface area contributed by atoms with Gasteiger partial charge in [-0.3, -0.25) is 13.9 Å². The van der Waals surface area contributed by atoms with Crippen molar-refractivity contribution < 1.29 is 35.8 Å². The smallest absolute Gasteiger partial charge is 0.317 e. The number of nitrogens with two attached hydrogens (primary N) is 1. The summed E-state index contributed by atoms with van der Waals surface area (Å²) in [5, 5.41) is 15.3. The molecule has 0 amide bonds. The highest BCUT2D eigenvalue weighted by molar-refractivity contribution is 7.86. The molecule has 116 valence electrons. The third-order valence-electron chi connectivity index (χ3n) is 1.79. The van der Waals surface area contributed by atoms with Crippen LogP contribution in [0.1, 0.15) is 6.42 Å². The Hall–Kier alpha value is -2.20. The zero-order chi connectivity index (χ0) is 16.8. The number of aliphatic carboxylic acids is 1. The standard InChI is InChI=1S/C6H7NO6S2.C3H3NO2/c7-5-3-4(14(8,9)10)1-2-6(5)15(11,12)13;4-2-1-3(5)6/h1-3H,7H2,(H,8,9,10)(H,11,12,13);1H2,(H,5,6). The number of nitriles is 1. The van der Waals surface area contributed by atoms with Crippen LogP contribution in [0.2, 0.25) is 0 Å². The second-order valence-electron chi connectivity index (χ2n) is 3.38. The number of nitrogen functional groups attached to an aromatic ring is 1. The highest BCUT2D eigenvalue weighted by Crippen LogP contribution is 2.21. The lowest BCUT2D eigenvalue weighted by molar-refractivity contribution is -0.135. The number of hydrogen-bond acceptors (Lipinski definition) is 7. The topological polar surface area (TPSA) is 196 Å². The number of carboxylic acids is 1. The summed E-state index contributed by atoms with van der Waals surface area (Å²) in [5.41, 5.74) is 4.72. The molecule has 21 heavy (non-hydrogen) atoms. The summed E-state index contributed by atoms with van der Waals surface area (Å²) in [7, 11) is -8.94. The molecule has 10 nitrogen and oxygen atoms in total. The van der Waals surface area contributed by atoms with Crippen molar-refractivity contribution >= 4 is 31.9 Å². The van der Waals surface area contributed by atoms with Gasteiger partial charge < -0.3 is 10.8 Å². The Morgan fingerprint density at radius 3 is 1.95 bits per heavy atom. The molecular weight excluding hydrogens is 328 g/mol. The normalized spacial score (nSPS) is 10.9. The summed E-state index contributed by atoms with van der Waals surface area (Å²) in [5.74, 6) is -1.07. The first kappa shape index (κ1) is 18.8. The van der Waals surface area contributed by atoms with Crippen LogP contribution in [-0.2, 0) is 25.0 Å². The average Bonchev–Trinajstić information content (AvgIpc) is 2.26. The number of rotatable bonds is 3. The maximum absolute atomic E-state index is 10.7. The molecule has 0 saturated carbocycles. The van der Waals surface area contributed by atoms with E-state index < -0.39 is 48.1 Å². The molecule has 0 radical (unpaired) electrons. The molecule has 1 aromatic rings. The molecule has 0 aliphatic rings. The van der Waals surface area contributed by atoms with Gasteiger partial charge in [-0.15, -0.1) is 0 Å². The van der Waals surface area contributed by atoms with Crippen molar-refractivity contribution in [1.29, 1.82) is 5.26 Å². The van der Waals surface area contributed by atoms with Gasteiger partial charge in [-0.2, -0.15) is 22.1 Å². The van der Waals surface area contributed by atoms with Crippen LogP contribution in [-0.4, -0.2) is 37.0 Å². The Labute approximate surface area is 119 Å². The zero-order valence-corrected chi connectivity index (χ0v) is 11.8. The molecule has 0 unspecified atom stereocenters. The van der Waals surface area contributed by atoms with Crippen LogP contribution in [0.25, 0.3) is 0 Å². The molecule has 0 fully saturated rings. The lowest BCUT2D eigenvalue weighted by Gasteiger charge is -2.03. The van der Waals surface area contributed by atoms with Crippen molar-refractivity contribution in [3.05, 3.63) is 18.2 Å². The molecule has 0 aliphatic heterocycles. The van der Waals surface area contributed by atoms with Gasteiger partial charge in [-0.1, -0.05) is 0 Å². The predicted octanol–water partition coefficient (Wildman–Crippen LogP) is -0.253. The van der Waals surface area contributed by atoms with Crippen LogP contribution in [0.3, 0.4) is 0 Å². The van der Waals surface area contributed by atoms with Crippen molar-refractivity contribution in [3.63, 3.8) is 0 Å². The maximum atomic E-state index is 10.7. The van der Waals surface area contributed by atoms with Crippen molar-refractivity contribution in [2.75, 3.05) is 5.73 Å². The number of nitrogens with zero attached hydrogens (tertiary/aromatic N) is 1. The highest BCUT2D eigenvalue weighted by atomic mass is 32.2. The zero-order valence-electron chi connectivity index (χ0n) is 10.2. The summed E-state index contributed by atoms with van der Waals surface area (Å²) < 4.78 is 59.9. The molecule has 0 saturated heterocycles. The van der Waals surface area contributed by atoms with Crippen LogP contribution in [0.15, 0.2) is 28.0 Å². The van der Waals surface area contributed by atoms with E-state index in [1.54, 1.807) is 0 Å². The van der Waals surface area contributed by atoms with E-state index in [1.807, 2.05) is 0 Å².